The van der Waals surface area contributed by atoms with Gasteiger partial charge in [-0.05, 0) is 48.5 Å². The van der Waals surface area contributed by atoms with Gasteiger partial charge in [-0.2, -0.15) is 9.98 Å². The summed E-state index contributed by atoms with van der Waals surface area (Å²) in [6.45, 7) is 0.187. The van der Waals surface area contributed by atoms with E-state index < -0.39 is 22.0 Å². The molecular formula is C18H15N3O5S. The Kier molecular flexibility index (Phi) is 5.21. The summed E-state index contributed by atoms with van der Waals surface area (Å²) >= 11 is 0. The van der Waals surface area contributed by atoms with Crippen LogP contribution in [-0.4, -0.2) is 32.9 Å². The molecule has 27 heavy (non-hydrogen) atoms. The van der Waals surface area contributed by atoms with Crippen LogP contribution in [0.15, 0.2) is 53.4 Å². The van der Waals surface area contributed by atoms with Crippen molar-refractivity contribution in [3.05, 3.63) is 59.7 Å². The molecule has 1 fully saturated rings. The monoisotopic (exact) mass is 385 g/mol. The molecule has 2 N–H and O–H groups in total. The summed E-state index contributed by atoms with van der Waals surface area (Å²) in [5.41, 5.74) is 1.22. The smallest absolute Gasteiger partial charge is 0.324 e. The molecule has 1 atom stereocenters. The predicted octanol–water partition coefficient (Wildman–Crippen LogP) is 1.40. The molecule has 1 saturated heterocycles. The van der Waals surface area contributed by atoms with Crippen LogP contribution in [0, 0.1) is 11.3 Å². The van der Waals surface area contributed by atoms with Crippen molar-refractivity contribution in [1.29, 1.82) is 5.26 Å². The van der Waals surface area contributed by atoms with Gasteiger partial charge in [-0.3, -0.25) is 9.59 Å². The molecule has 138 valence electrons. The fraction of sp³-hybridized carbons (Fsp3) is 0.167. The van der Waals surface area contributed by atoms with Crippen molar-refractivity contribution in [2.75, 3.05) is 11.9 Å². The number of carbonyl (C=O) groups excluding carboxylic acids is 2. The third-order valence-electron chi connectivity index (χ3n) is 3.93. The van der Waals surface area contributed by atoms with Crippen molar-refractivity contribution in [1.82, 2.24) is 4.72 Å². The summed E-state index contributed by atoms with van der Waals surface area (Å²) in [5, 5.41) is 11.4. The molecular weight excluding hydrogens is 370 g/mol. The van der Waals surface area contributed by atoms with Gasteiger partial charge in [-0.15, -0.1) is 0 Å². The van der Waals surface area contributed by atoms with Crippen LogP contribution in [0.25, 0.3) is 0 Å². The highest BCUT2D eigenvalue weighted by Gasteiger charge is 2.31. The summed E-state index contributed by atoms with van der Waals surface area (Å²) in [6, 6.07) is 12.8. The predicted molar refractivity (Wildman–Crippen MR) is 95.2 cm³/mol. The molecule has 1 amide bonds. The highest BCUT2D eigenvalue weighted by atomic mass is 32.2. The molecule has 0 bridgehead atoms. The molecule has 1 unspecified atom stereocenters. The van der Waals surface area contributed by atoms with Crippen molar-refractivity contribution in [3.8, 4) is 6.07 Å². The molecule has 1 heterocycles. The summed E-state index contributed by atoms with van der Waals surface area (Å²) in [7, 11) is -3.88. The minimum atomic E-state index is -3.88. The number of hydrogen-bond acceptors (Lipinski definition) is 6. The molecule has 8 nitrogen and oxygen atoms in total. The van der Waals surface area contributed by atoms with E-state index in [4.69, 9.17) is 10.00 Å². The number of benzene rings is 2. The van der Waals surface area contributed by atoms with Crippen molar-refractivity contribution < 1.29 is 22.7 Å². The Hall–Kier alpha value is -3.22. The number of ether oxygens (including phenoxy) is 1. The van der Waals surface area contributed by atoms with Gasteiger partial charge in [0.2, 0.25) is 10.0 Å². The number of rotatable bonds is 5. The van der Waals surface area contributed by atoms with Gasteiger partial charge >= 0.3 is 5.97 Å². The van der Waals surface area contributed by atoms with Crippen LogP contribution in [0.3, 0.4) is 0 Å². The van der Waals surface area contributed by atoms with Crippen molar-refractivity contribution >= 4 is 27.6 Å². The first-order valence-electron chi connectivity index (χ1n) is 7.99. The lowest BCUT2D eigenvalue weighted by Gasteiger charge is -2.11. The third-order valence-corrected chi connectivity index (χ3v) is 5.42. The molecule has 1 aliphatic heterocycles. The number of cyclic esters (lactones) is 1. The maximum absolute atomic E-state index is 12.3. The van der Waals surface area contributed by atoms with Crippen LogP contribution in [-0.2, 0) is 19.6 Å². The van der Waals surface area contributed by atoms with Gasteiger partial charge < -0.3 is 10.1 Å². The quantitative estimate of drug-likeness (QED) is 0.750. The minimum Gasteiger partial charge on any atom is -0.464 e. The molecule has 0 aliphatic carbocycles. The maximum atomic E-state index is 12.3. The molecule has 2 aromatic carbocycles. The van der Waals surface area contributed by atoms with Gasteiger partial charge in [-0.25, -0.2) is 8.42 Å². The Bertz CT molecular complexity index is 1010. The number of amides is 1. The Morgan fingerprint density at radius 2 is 1.78 bits per heavy atom. The summed E-state index contributed by atoms with van der Waals surface area (Å²) in [5.74, 6) is -0.980. The fourth-order valence-corrected chi connectivity index (χ4v) is 3.69. The topological polar surface area (TPSA) is 125 Å². The Labute approximate surface area is 155 Å². The second-order valence-corrected chi connectivity index (χ2v) is 7.51. The lowest BCUT2D eigenvalue weighted by atomic mass is 10.1. The van der Waals surface area contributed by atoms with Crippen LogP contribution in [0.4, 0.5) is 5.69 Å². The molecule has 2 aromatic rings. The normalized spacial score (nSPS) is 16.4. The van der Waals surface area contributed by atoms with Gasteiger partial charge in [-0.1, -0.05) is 0 Å². The largest absolute Gasteiger partial charge is 0.464 e. The van der Waals surface area contributed by atoms with Crippen molar-refractivity contribution in [2.24, 2.45) is 0 Å². The van der Waals surface area contributed by atoms with Crippen LogP contribution in [0.5, 0.6) is 0 Å². The van der Waals surface area contributed by atoms with E-state index in [-0.39, 0.29) is 23.8 Å². The van der Waals surface area contributed by atoms with Crippen LogP contribution in [0.2, 0.25) is 0 Å². The summed E-state index contributed by atoms with van der Waals surface area (Å²) in [4.78, 5) is 23.6. The molecule has 3 rings (SSSR count). The molecule has 0 aromatic heterocycles. The van der Waals surface area contributed by atoms with Gasteiger partial charge in [0.15, 0.2) is 0 Å². The number of esters is 1. The zero-order valence-electron chi connectivity index (χ0n) is 14.0. The Morgan fingerprint density at radius 3 is 2.33 bits per heavy atom. The first-order valence-corrected chi connectivity index (χ1v) is 9.48. The van der Waals surface area contributed by atoms with Crippen LogP contribution in [0.1, 0.15) is 22.3 Å². The molecule has 0 saturated carbocycles. The number of nitrogens with zero attached hydrogens (tertiary/aromatic N) is 1. The average molecular weight is 385 g/mol. The second kappa shape index (κ2) is 7.57. The number of sulfonamides is 1. The highest BCUT2D eigenvalue weighted by Crippen LogP contribution is 2.17. The first-order chi connectivity index (χ1) is 12.9. The lowest BCUT2D eigenvalue weighted by molar-refractivity contribution is -0.139. The van der Waals surface area contributed by atoms with E-state index in [1.807, 2.05) is 6.07 Å². The van der Waals surface area contributed by atoms with E-state index in [0.717, 1.165) is 0 Å². The van der Waals surface area contributed by atoms with Crippen LogP contribution >= 0.6 is 0 Å². The Balaban J connectivity index is 1.68. The van der Waals surface area contributed by atoms with E-state index in [0.29, 0.717) is 16.8 Å². The Morgan fingerprint density at radius 1 is 1.11 bits per heavy atom. The van der Waals surface area contributed by atoms with Gasteiger partial charge in [0.05, 0.1) is 23.1 Å². The van der Waals surface area contributed by atoms with Crippen molar-refractivity contribution in [3.63, 3.8) is 0 Å². The molecule has 0 radical (unpaired) electrons. The number of carbonyl (C=O) groups is 2. The van der Waals surface area contributed by atoms with Gasteiger partial charge in [0.25, 0.3) is 5.91 Å². The SMILES string of the molecule is N#Cc1ccc(C(=O)Nc2ccc(S(=O)(=O)NC3CCOC3=O)cc2)cc1. The van der Waals surface area contributed by atoms with E-state index >= 15 is 0 Å². The molecule has 1 aliphatic rings. The average Bonchev–Trinajstić information content (AvgIpc) is 3.06. The number of anilines is 1. The van der Waals surface area contributed by atoms with Gasteiger partial charge in [0, 0.05) is 17.7 Å². The summed E-state index contributed by atoms with van der Waals surface area (Å²) in [6.07, 6.45) is 0.288. The van der Waals surface area contributed by atoms with E-state index in [9.17, 15) is 18.0 Å². The zero-order valence-corrected chi connectivity index (χ0v) is 14.8. The van der Waals surface area contributed by atoms with Crippen molar-refractivity contribution in [2.45, 2.75) is 17.4 Å². The second-order valence-electron chi connectivity index (χ2n) is 5.80. The fourth-order valence-electron chi connectivity index (χ4n) is 2.47. The van der Waals surface area contributed by atoms with Crippen LogP contribution < -0.4 is 10.0 Å². The maximum Gasteiger partial charge on any atom is 0.324 e. The minimum absolute atomic E-state index is 0.0291. The number of nitrogens with one attached hydrogen (secondary N) is 2. The number of hydrogen-bond donors (Lipinski definition) is 2. The summed E-state index contributed by atoms with van der Waals surface area (Å²) < 4.78 is 31.7. The zero-order chi connectivity index (χ0) is 19.4. The lowest BCUT2D eigenvalue weighted by Crippen LogP contribution is -2.37. The molecule has 9 heteroatoms. The first kappa shape index (κ1) is 18.6. The standard InChI is InChI=1S/C18H15N3O5S/c19-11-12-1-3-13(4-2-12)17(22)20-14-5-7-15(8-6-14)27(24,25)21-16-9-10-26-18(16)23/h1-8,16,21H,9-10H2,(H,20,22). The van der Waals surface area contributed by atoms with Gasteiger partial charge in [0.1, 0.15) is 6.04 Å². The molecule has 0 spiro atoms. The third kappa shape index (κ3) is 4.31. The number of nitriles is 1. The van der Waals surface area contributed by atoms with E-state index in [1.54, 1.807) is 0 Å². The highest BCUT2D eigenvalue weighted by molar-refractivity contribution is 7.89. The van der Waals surface area contributed by atoms with E-state index in [2.05, 4.69) is 10.0 Å². The van der Waals surface area contributed by atoms with E-state index in [1.165, 1.54) is 48.5 Å².